The molecular weight excluding hydrogens is 392 g/mol. The summed E-state index contributed by atoms with van der Waals surface area (Å²) < 4.78 is 2.00. The Labute approximate surface area is 181 Å². The summed E-state index contributed by atoms with van der Waals surface area (Å²) in [6.07, 6.45) is 0. The monoisotopic (exact) mass is 420 g/mol. The maximum Gasteiger partial charge on any atom is 0.260 e. The van der Waals surface area contributed by atoms with Gasteiger partial charge in [0, 0.05) is 31.7 Å². The molecule has 0 aromatic carbocycles. The highest BCUT2D eigenvalue weighted by atomic mass is 16.2. The number of hydrogen-bond donors (Lipinski definition) is 1. The Morgan fingerprint density at radius 1 is 1.23 bits per heavy atom. The van der Waals surface area contributed by atoms with Crippen molar-refractivity contribution in [2.75, 3.05) is 23.4 Å². The molecule has 0 saturated carbocycles. The lowest BCUT2D eigenvalue weighted by Crippen LogP contribution is -2.24. The predicted octanol–water partition coefficient (Wildman–Crippen LogP) is 2.70. The molecule has 3 aromatic heterocycles. The molecule has 31 heavy (non-hydrogen) atoms. The highest BCUT2D eigenvalue weighted by Crippen LogP contribution is 2.33. The van der Waals surface area contributed by atoms with Gasteiger partial charge in [-0.05, 0) is 45.9 Å². The molecule has 1 aliphatic heterocycles. The number of anilines is 2. The van der Waals surface area contributed by atoms with Gasteiger partial charge >= 0.3 is 0 Å². The number of hydrogen-bond acceptors (Lipinski definition) is 7. The van der Waals surface area contributed by atoms with Gasteiger partial charge in [-0.2, -0.15) is 0 Å². The summed E-state index contributed by atoms with van der Waals surface area (Å²) in [5, 5.41) is 8.44. The molecule has 0 aliphatic carbocycles. The minimum absolute atomic E-state index is 0.0946. The second-order valence-corrected chi connectivity index (χ2v) is 7.78. The molecule has 0 radical (unpaired) electrons. The van der Waals surface area contributed by atoms with E-state index in [1.807, 2.05) is 68.5 Å². The van der Waals surface area contributed by atoms with Gasteiger partial charge in [0.1, 0.15) is 23.2 Å². The van der Waals surface area contributed by atoms with Crippen LogP contribution in [0.1, 0.15) is 54.3 Å². The number of nitrogens with two attached hydrogens (primary N) is 1. The quantitative estimate of drug-likeness (QED) is 0.653. The van der Waals surface area contributed by atoms with E-state index < -0.39 is 0 Å². The van der Waals surface area contributed by atoms with Crippen molar-refractivity contribution < 1.29 is 4.79 Å². The molecule has 1 aliphatic rings. The van der Waals surface area contributed by atoms with Crippen molar-refractivity contribution in [3.63, 3.8) is 0 Å². The number of aryl methyl sites for hydroxylation is 1. The second kappa shape index (κ2) is 8.07. The van der Waals surface area contributed by atoms with Crippen molar-refractivity contribution in [3.8, 4) is 11.5 Å². The largest absolute Gasteiger partial charge is 0.360 e. The number of aromatic nitrogens is 5. The van der Waals surface area contributed by atoms with Gasteiger partial charge in [-0.25, -0.2) is 9.97 Å². The van der Waals surface area contributed by atoms with Gasteiger partial charge in [-0.1, -0.05) is 6.07 Å². The van der Waals surface area contributed by atoms with Crippen LogP contribution in [0.5, 0.6) is 0 Å². The lowest BCUT2D eigenvalue weighted by Gasteiger charge is -2.19. The van der Waals surface area contributed by atoms with E-state index in [0.29, 0.717) is 29.4 Å². The van der Waals surface area contributed by atoms with Crippen LogP contribution in [0.15, 0.2) is 24.3 Å². The minimum Gasteiger partial charge on any atom is -0.360 e. The van der Waals surface area contributed by atoms with Gasteiger partial charge in [0.2, 0.25) is 0 Å². The van der Waals surface area contributed by atoms with Gasteiger partial charge < -0.3 is 15.2 Å². The normalized spacial score (nSPS) is 14.1. The van der Waals surface area contributed by atoms with Gasteiger partial charge in [0.25, 0.3) is 5.91 Å². The van der Waals surface area contributed by atoms with E-state index in [-0.39, 0.29) is 11.9 Å². The molecule has 4 heterocycles. The summed E-state index contributed by atoms with van der Waals surface area (Å²) in [6, 6.07) is 7.19. The van der Waals surface area contributed by atoms with E-state index in [2.05, 4.69) is 10.2 Å². The highest BCUT2D eigenvalue weighted by molar-refractivity contribution is 6.10. The molecule has 0 bridgehead atoms. The topological polar surface area (TPSA) is 106 Å². The lowest BCUT2D eigenvalue weighted by atomic mass is 10.0. The van der Waals surface area contributed by atoms with E-state index >= 15 is 0 Å². The van der Waals surface area contributed by atoms with Gasteiger partial charge in [-0.3, -0.25) is 9.69 Å². The van der Waals surface area contributed by atoms with Crippen LogP contribution in [0.4, 0.5) is 11.6 Å². The molecule has 9 nitrogen and oxygen atoms in total. The van der Waals surface area contributed by atoms with Crippen molar-refractivity contribution in [2.45, 2.75) is 46.8 Å². The summed E-state index contributed by atoms with van der Waals surface area (Å²) in [4.78, 5) is 26.6. The molecule has 3 aromatic rings. The fourth-order valence-corrected chi connectivity index (χ4v) is 3.88. The van der Waals surface area contributed by atoms with E-state index in [1.54, 1.807) is 4.90 Å². The van der Waals surface area contributed by atoms with Crippen LogP contribution < -0.4 is 15.5 Å². The Bertz CT molecular complexity index is 1140. The smallest absolute Gasteiger partial charge is 0.260 e. The maximum atomic E-state index is 13.4. The molecule has 0 fully saturated rings. The average Bonchev–Trinajstić information content (AvgIpc) is 3.32. The van der Waals surface area contributed by atoms with Crippen LogP contribution >= 0.6 is 0 Å². The zero-order valence-electron chi connectivity index (χ0n) is 18.6. The Morgan fingerprint density at radius 3 is 2.68 bits per heavy atom. The molecule has 1 atom stereocenters. The van der Waals surface area contributed by atoms with Crippen LogP contribution in [0.2, 0.25) is 0 Å². The first-order chi connectivity index (χ1) is 14.8. The molecular formula is C22H28N8O. The van der Waals surface area contributed by atoms with Crippen LogP contribution in [-0.2, 0) is 13.1 Å². The fourth-order valence-electron chi connectivity index (χ4n) is 3.88. The maximum absolute atomic E-state index is 13.4. The van der Waals surface area contributed by atoms with E-state index in [9.17, 15) is 4.79 Å². The summed E-state index contributed by atoms with van der Waals surface area (Å²) in [7, 11) is 1.95. The Kier molecular flexibility index (Phi) is 5.45. The summed E-state index contributed by atoms with van der Waals surface area (Å²) >= 11 is 0. The predicted molar refractivity (Wildman–Crippen MR) is 120 cm³/mol. The van der Waals surface area contributed by atoms with Crippen molar-refractivity contribution in [3.05, 3.63) is 46.9 Å². The fraction of sp³-hybridized carbons (Fsp3) is 0.409. The number of rotatable bonds is 6. The van der Waals surface area contributed by atoms with Crippen molar-refractivity contribution in [1.82, 2.24) is 24.7 Å². The van der Waals surface area contributed by atoms with Crippen molar-refractivity contribution in [2.24, 2.45) is 5.73 Å². The molecule has 2 N–H and O–H groups in total. The van der Waals surface area contributed by atoms with Gasteiger partial charge in [-0.15, -0.1) is 10.2 Å². The Balaban J connectivity index is 1.75. The molecule has 4 rings (SSSR count). The number of nitrogens with zero attached hydrogens (tertiary/aromatic N) is 7. The highest BCUT2D eigenvalue weighted by Gasteiger charge is 2.34. The molecule has 162 valence electrons. The Hall–Kier alpha value is -3.33. The van der Waals surface area contributed by atoms with Crippen LogP contribution in [0, 0.1) is 6.92 Å². The first-order valence-corrected chi connectivity index (χ1v) is 10.5. The third kappa shape index (κ3) is 3.54. The minimum atomic E-state index is -0.280. The number of carbonyl (C=O) groups excluding carboxylic acids is 1. The van der Waals surface area contributed by atoms with Crippen LogP contribution in [0.3, 0.4) is 0 Å². The summed E-state index contributed by atoms with van der Waals surface area (Å²) in [5.74, 6) is 2.74. The third-order valence-electron chi connectivity index (χ3n) is 5.72. The van der Waals surface area contributed by atoms with Crippen LogP contribution in [-0.4, -0.2) is 44.2 Å². The molecule has 0 spiro atoms. The molecule has 1 unspecified atom stereocenters. The zero-order chi connectivity index (χ0) is 22.3. The second-order valence-electron chi connectivity index (χ2n) is 7.78. The first-order valence-electron chi connectivity index (χ1n) is 10.5. The third-order valence-corrected chi connectivity index (χ3v) is 5.72. The molecule has 1 amide bonds. The average molecular weight is 421 g/mol. The van der Waals surface area contributed by atoms with Crippen LogP contribution in [0.25, 0.3) is 11.5 Å². The van der Waals surface area contributed by atoms with E-state index in [1.165, 1.54) is 0 Å². The summed E-state index contributed by atoms with van der Waals surface area (Å²) in [6.45, 7) is 9.80. The molecule has 9 heteroatoms. The Morgan fingerprint density at radius 2 is 2.00 bits per heavy atom. The van der Waals surface area contributed by atoms with E-state index in [0.717, 1.165) is 36.0 Å². The van der Waals surface area contributed by atoms with Crippen molar-refractivity contribution in [1.29, 1.82) is 0 Å². The number of pyridine rings is 2. The zero-order valence-corrected chi connectivity index (χ0v) is 18.6. The number of fused-ring (bicyclic) bond motifs is 1. The lowest BCUT2D eigenvalue weighted by molar-refractivity contribution is 0.0996. The number of amides is 1. The number of carbonyl (C=O) groups is 1. The SMILES string of the molecule is CCN(C)c1cc2c(c(C(C)N)n1)CN(c1cccc(-c3nnc(C)n3CC)n1)C2=O. The van der Waals surface area contributed by atoms with Gasteiger partial charge in [0.15, 0.2) is 5.82 Å². The van der Waals surface area contributed by atoms with Gasteiger partial charge in [0.05, 0.1) is 17.8 Å². The summed E-state index contributed by atoms with van der Waals surface area (Å²) in [5.41, 5.74) is 9.15. The van der Waals surface area contributed by atoms with Crippen molar-refractivity contribution >= 4 is 17.5 Å². The van der Waals surface area contributed by atoms with E-state index in [4.69, 9.17) is 15.7 Å². The first kappa shape index (κ1) is 20.9. The standard InChI is InChI=1S/C22H28N8O/c1-6-28(5)19-11-15-16(20(25-19)13(3)23)12-30(22(15)31)18-10-8-9-17(24-18)21-27-26-14(4)29(21)7-2/h8-11,13H,6-7,12,23H2,1-5H3. The molecule has 0 saturated heterocycles.